The van der Waals surface area contributed by atoms with Crippen LogP contribution in [0.2, 0.25) is 0 Å². The van der Waals surface area contributed by atoms with Crippen LogP contribution in [-0.4, -0.2) is 53.1 Å². The van der Waals surface area contributed by atoms with E-state index in [0.717, 1.165) is 0 Å². The molecule has 0 heterocycles. The molecule has 0 nitrogen and oxygen atoms in total. The van der Waals surface area contributed by atoms with E-state index in [1.54, 1.807) is 0 Å². The summed E-state index contributed by atoms with van der Waals surface area (Å²) in [6.45, 7) is 59.3. The molecule has 0 aromatic carbocycles. The second kappa shape index (κ2) is 27.3. The predicted octanol–water partition coefficient (Wildman–Crippen LogP) is 17.7. The molecule has 0 radical (unpaired) electrons. The van der Waals surface area contributed by atoms with Crippen LogP contribution in [0.4, 0.5) is 25.2 Å². The van der Waals surface area contributed by atoms with Gasteiger partial charge in [-0.3, -0.25) is 0 Å². The van der Waals surface area contributed by atoms with Crippen LogP contribution in [0, 0.1) is 14.9 Å². The fraction of sp³-hybridized carbons (Fsp3) is 0.944. The van der Waals surface area contributed by atoms with Crippen molar-refractivity contribution in [3.8, 4) is 0 Å². The maximum absolute atomic E-state index is 9.77. The van der Waals surface area contributed by atoms with Crippen LogP contribution >= 0.6 is 49.4 Å². The predicted molar refractivity (Wildman–Crippen MR) is 237 cm³/mol. The Kier molecular flexibility index (Phi) is 38.9. The first-order chi connectivity index (χ1) is 19.4. The summed E-state index contributed by atoms with van der Waals surface area (Å²) in [7, 11) is -10.3. The average molecular weight is 1210 g/mol. The molecule has 0 amide bonds. The molecule has 0 bridgehead atoms. The van der Waals surface area contributed by atoms with Crippen LogP contribution < -0.4 is 0 Å². The van der Waals surface area contributed by atoms with Gasteiger partial charge in [0.25, 0.3) is 0 Å². The minimum atomic E-state index is -4.38. The summed E-state index contributed by atoms with van der Waals surface area (Å²) >= 11 is 0. The second-order valence-electron chi connectivity index (χ2n) is 20.7. The summed E-state index contributed by atoms with van der Waals surface area (Å²) in [6, 6.07) is 0. The monoisotopic (exact) mass is 1210 g/mol. The largest absolute Gasteiger partial charge is 0.558 e. The quantitative estimate of drug-likeness (QED) is 0.150. The van der Waals surface area contributed by atoms with E-state index < -0.39 is 49.4 Å². The zero-order valence-electron chi connectivity index (χ0n) is 37.3. The van der Waals surface area contributed by atoms with Crippen LogP contribution in [0.15, 0.2) is 0 Å². The van der Waals surface area contributed by atoms with E-state index in [1.165, 1.54) is 11.8 Å². The van der Waals surface area contributed by atoms with Gasteiger partial charge in [-0.1, -0.05) is 0 Å². The fourth-order valence-electron chi connectivity index (χ4n) is 6.97. The van der Waals surface area contributed by atoms with E-state index in [9.17, 15) is 25.2 Å². The molecule has 320 valence electrons. The van der Waals surface area contributed by atoms with Gasteiger partial charge >= 0.3 is 17.7 Å². The minimum absolute atomic E-state index is 0. The number of halogens is 6. The Bertz CT molecular complexity index is 621. The Balaban J connectivity index is -0.0000000904. The number of hydrogen-bond donors (Lipinski definition) is 0. The van der Waals surface area contributed by atoms with Gasteiger partial charge in [-0.2, -0.15) is 0 Å². The Morgan fingerprint density at radius 2 is 0.320 bits per heavy atom. The van der Waals surface area contributed by atoms with Crippen LogP contribution in [0.25, 0.3) is 0 Å². The first-order valence-corrected chi connectivity index (χ1v) is 25.6. The maximum atomic E-state index is 9.77. The van der Waals surface area contributed by atoms with Crippen molar-refractivity contribution in [3.05, 3.63) is 14.9 Å². The molecule has 0 unspecified atom stereocenters. The molecular formula is C36H88F6P6Pt2+4. The fourth-order valence-corrected chi connectivity index (χ4v) is 35.8. The van der Waals surface area contributed by atoms with Crippen molar-refractivity contribution in [2.75, 3.05) is 11.8 Å². The Labute approximate surface area is 348 Å². The summed E-state index contributed by atoms with van der Waals surface area (Å²) in [4.78, 5) is 0. The zero-order chi connectivity index (χ0) is 38.9. The molecule has 50 heavy (non-hydrogen) atoms. The third kappa shape index (κ3) is 37.1. The first kappa shape index (κ1) is 71.3. The summed E-state index contributed by atoms with van der Waals surface area (Å²) in [6.07, 6.45) is 0. The third-order valence-corrected chi connectivity index (χ3v) is 28.1. The van der Waals surface area contributed by atoms with Crippen molar-refractivity contribution in [1.82, 2.24) is 0 Å². The number of rotatable bonds is 4. The van der Waals surface area contributed by atoms with Gasteiger partial charge in [0.2, 0.25) is 0 Å². The van der Waals surface area contributed by atoms with Crippen LogP contribution in [0.1, 0.15) is 166 Å². The summed E-state index contributed by atoms with van der Waals surface area (Å²) in [5.41, 5.74) is 0. The van der Waals surface area contributed by atoms with Crippen molar-refractivity contribution >= 4 is 49.4 Å². The van der Waals surface area contributed by atoms with Crippen molar-refractivity contribution in [2.45, 2.75) is 207 Å². The molecular weight excluding hydrogens is 1120 g/mol. The molecule has 0 atom stereocenters. The van der Waals surface area contributed by atoms with Gasteiger partial charge in [0.15, 0.2) is 11.8 Å². The summed E-state index contributed by atoms with van der Waals surface area (Å²) in [5.74, 6) is 3.05. The molecule has 0 spiro atoms. The van der Waals surface area contributed by atoms with Gasteiger partial charge in [0.1, 0.15) is 0 Å². The summed E-state index contributed by atoms with van der Waals surface area (Å²) in [5, 5.41) is 3.96. The van der Waals surface area contributed by atoms with Gasteiger partial charge in [-0.15, -0.1) is 0 Å². The normalized spacial score (nSPS) is 13.2. The maximum Gasteiger partial charge on any atom is 0.558 e. The van der Waals surface area contributed by atoms with Gasteiger partial charge in [0, 0.05) is 99.0 Å². The molecule has 0 aliphatic heterocycles. The van der Waals surface area contributed by atoms with Crippen molar-refractivity contribution < 1.29 is 67.3 Å². The number of hydrogen-bond acceptors (Lipinski definition) is 0. The van der Waals surface area contributed by atoms with E-state index >= 15 is 0 Å². The van der Waals surface area contributed by atoms with Gasteiger partial charge < -0.3 is 14.9 Å². The Morgan fingerprint density at radius 1 is 0.260 bits per heavy atom. The van der Waals surface area contributed by atoms with E-state index in [1.807, 2.05) is 0 Å². The molecule has 0 aliphatic carbocycles. The van der Waals surface area contributed by atoms with E-state index in [0.29, 0.717) is 41.2 Å². The minimum Gasteiger partial charge on any atom is -0.358 e. The van der Waals surface area contributed by atoms with Crippen molar-refractivity contribution in [1.29, 1.82) is 0 Å². The third-order valence-electron chi connectivity index (χ3n) is 7.95. The SMILES string of the molecule is CC(C)(C)[PH+](C[PH+](C(C)(C)C)C(C)(C)C)C(C)(C)C.CC(C)(C)[PH+](C[PH+](C(C)(C)C)C(C)(C)C)C(C)(C)C.F[PH+](F)F.F[PH+](F)F.[CH3-].[CH3-].[Pt].[Pt]. The Morgan fingerprint density at radius 3 is 0.360 bits per heavy atom. The molecule has 0 saturated carbocycles. The standard InChI is InChI=1S/2C17H38P2.2CH3.2F3HP.2Pt/c2*1-14(2,3)18(15(4,5)6)13-19(16(7,8)9)17(10,11)12;;;2*1-4(2)3;;/h2*13H2,1-12H3;2*1H3;2*4H;;/q;;2*-1;2*+1;;/p+4. The van der Waals surface area contributed by atoms with Crippen LogP contribution in [0.3, 0.4) is 0 Å². The summed E-state index contributed by atoms with van der Waals surface area (Å²) < 4.78 is 58.6. The second-order valence-corrected chi connectivity index (χ2v) is 40.2. The molecule has 0 saturated heterocycles. The first-order valence-electron chi connectivity index (χ1n) is 16.5. The van der Waals surface area contributed by atoms with Crippen molar-refractivity contribution in [3.63, 3.8) is 0 Å². The van der Waals surface area contributed by atoms with Gasteiger partial charge in [-0.25, -0.2) is 0 Å². The molecule has 14 heteroatoms. The molecule has 0 aliphatic rings. The molecule has 0 aromatic rings. The van der Waals surface area contributed by atoms with E-state index in [4.69, 9.17) is 0 Å². The van der Waals surface area contributed by atoms with Gasteiger partial charge in [0.05, 0.1) is 41.2 Å². The van der Waals surface area contributed by atoms with Crippen molar-refractivity contribution in [2.24, 2.45) is 0 Å². The van der Waals surface area contributed by atoms with Gasteiger partial charge in [-0.05, 0) is 166 Å². The Hall–Kier alpha value is 3.54. The van der Waals surface area contributed by atoms with Crippen LogP contribution in [0.5, 0.6) is 0 Å². The zero-order valence-corrected chi connectivity index (χ0v) is 47.9. The molecule has 0 aromatic heterocycles. The van der Waals surface area contributed by atoms with E-state index in [-0.39, 0.29) is 57.0 Å². The molecule has 0 rings (SSSR count). The van der Waals surface area contributed by atoms with E-state index in [2.05, 4.69) is 166 Å². The smallest absolute Gasteiger partial charge is 0.358 e. The molecule has 0 fully saturated rings. The molecule has 0 N–H and O–H groups in total. The van der Waals surface area contributed by atoms with Crippen LogP contribution in [-0.2, 0) is 42.1 Å². The topological polar surface area (TPSA) is 0 Å². The average Bonchev–Trinajstić information content (AvgIpc) is 2.58.